The molecule has 0 spiro atoms. The second-order valence-corrected chi connectivity index (χ2v) is 5.13. The first-order valence-corrected chi connectivity index (χ1v) is 6.95. The first kappa shape index (κ1) is 14.1. The van der Waals surface area contributed by atoms with Crippen LogP contribution in [0.2, 0.25) is 0 Å². The highest BCUT2D eigenvalue weighted by atomic mass is 16.5. The molecule has 112 valence electrons. The number of nitrogens with zero attached hydrogens (tertiary/aromatic N) is 1. The number of aryl methyl sites for hydroxylation is 1. The highest BCUT2D eigenvalue weighted by molar-refractivity contribution is 6.21. The Kier molecular flexibility index (Phi) is 3.55. The summed E-state index contributed by atoms with van der Waals surface area (Å²) in [5.74, 6) is -0.249. The summed E-state index contributed by atoms with van der Waals surface area (Å²) in [5.41, 5.74) is 1.80. The fourth-order valence-corrected chi connectivity index (χ4v) is 2.43. The zero-order chi connectivity index (χ0) is 15.7. The van der Waals surface area contributed by atoms with E-state index in [1.165, 1.54) is 11.0 Å². The molecule has 0 aliphatic carbocycles. The van der Waals surface area contributed by atoms with Gasteiger partial charge >= 0.3 is 0 Å². The summed E-state index contributed by atoms with van der Waals surface area (Å²) in [6.45, 7) is 2.14. The molecule has 0 radical (unpaired) electrons. The first-order chi connectivity index (χ1) is 10.6. The Morgan fingerprint density at radius 2 is 1.77 bits per heavy atom. The molecule has 0 saturated carbocycles. The van der Waals surface area contributed by atoms with Gasteiger partial charge in [0.2, 0.25) is 0 Å². The number of phenols is 1. The zero-order valence-corrected chi connectivity index (χ0v) is 12.1. The van der Waals surface area contributed by atoms with Gasteiger partial charge in [0.1, 0.15) is 6.61 Å². The molecule has 0 unspecified atom stereocenters. The Morgan fingerprint density at radius 3 is 2.55 bits per heavy atom. The molecule has 2 amide bonds. The number of benzene rings is 2. The highest BCUT2D eigenvalue weighted by Gasteiger charge is 2.35. The Morgan fingerprint density at radius 1 is 1.05 bits per heavy atom. The lowest BCUT2D eigenvalue weighted by Crippen LogP contribution is -2.33. The van der Waals surface area contributed by atoms with Crippen molar-refractivity contribution in [3.05, 3.63) is 59.2 Å². The monoisotopic (exact) mass is 297 g/mol. The predicted molar refractivity (Wildman–Crippen MR) is 80.1 cm³/mol. The number of aromatic hydroxyl groups is 1. The second kappa shape index (κ2) is 5.52. The molecule has 3 rings (SSSR count). The maximum Gasteiger partial charge on any atom is 0.261 e. The minimum atomic E-state index is -0.305. The van der Waals surface area contributed by atoms with Gasteiger partial charge in [-0.15, -0.1) is 0 Å². The van der Waals surface area contributed by atoms with Crippen LogP contribution in [0.15, 0.2) is 42.5 Å². The molecule has 1 aliphatic heterocycles. The number of rotatable bonds is 4. The zero-order valence-electron chi connectivity index (χ0n) is 12.1. The quantitative estimate of drug-likeness (QED) is 0.880. The maximum absolute atomic E-state index is 12.3. The number of carbonyl (C=O) groups excluding carboxylic acids is 2. The standard InChI is InChI=1S/C17H15NO4/c1-11-6-7-12-13(10-11)17(21)18(16(12)20)8-9-22-15-5-3-2-4-14(15)19/h2-7,10,19H,8-9H2,1H3. The van der Waals surface area contributed by atoms with Gasteiger partial charge in [0, 0.05) is 0 Å². The van der Waals surface area contributed by atoms with E-state index >= 15 is 0 Å². The van der Waals surface area contributed by atoms with Gasteiger partial charge in [0.05, 0.1) is 17.7 Å². The number of imide groups is 1. The van der Waals surface area contributed by atoms with Gasteiger partial charge in [-0.2, -0.15) is 0 Å². The Labute approximate surface area is 127 Å². The van der Waals surface area contributed by atoms with Crippen molar-refractivity contribution in [2.45, 2.75) is 6.92 Å². The predicted octanol–water partition coefficient (Wildman–Crippen LogP) is 2.38. The Balaban J connectivity index is 1.69. The van der Waals surface area contributed by atoms with Gasteiger partial charge in [0.15, 0.2) is 11.5 Å². The fourth-order valence-electron chi connectivity index (χ4n) is 2.43. The lowest BCUT2D eigenvalue weighted by molar-refractivity contribution is 0.0631. The van der Waals surface area contributed by atoms with E-state index in [0.29, 0.717) is 16.9 Å². The number of phenolic OH excluding ortho intramolecular Hbond substituents is 1. The molecule has 1 heterocycles. The minimum absolute atomic E-state index is 0.0282. The number of para-hydroxylation sites is 2. The van der Waals surface area contributed by atoms with Crippen LogP contribution in [-0.4, -0.2) is 35.0 Å². The molecule has 0 atom stereocenters. The summed E-state index contributed by atoms with van der Waals surface area (Å²) < 4.78 is 5.42. The van der Waals surface area contributed by atoms with Crippen LogP contribution in [0.4, 0.5) is 0 Å². The van der Waals surface area contributed by atoms with E-state index < -0.39 is 0 Å². The van der Waals surface area contributed by atoms with Gasteiger partial charge in [-0.25, -0.2) is 0 Å². The number of hydrogen-bond donors (Lipinski definition) is 1. The second-order valence-electron chi connectivity index (χ2n) is 5.13. The Hall–Kier alpha value is -2.82. The average Bonchev–Trinajstić information content (AvgIpc) is 2.73. The summed E-state index contributed by atoms with van der Waals surface area (Å²) in [5, 5.41) is 9.61. The van der Waals surface area contributed by atoms with E-state index in [2.05, 4.69) is 0 Å². The van der Waals surface area contributed by atoms with Gasteiger partial charge in [-0.1, -0.05) is 23.8 Å². The molecule has 1 N–H and O–H groups in total. The topological polar surface area (TPSA) is 66.8 Å². The van der Waals surface area contributed by atoms with Gasteiger partial charge < -0.3 is 9.84 Å². The molecule has 0 aromatic heterocycles. The van der Waals surface area contributed by atoms with E-state index in [1.54, 1.807) is 30.3 Å². The lowest BCUT2D eigenvalue weighted by atomic mass is 10.1. The molecule has 0 bridgehead atoms. The van der Waals surface area contributed by atoms with Crippen LogP contribution in [0, 0.1) is 6.92 Å². The van der Waals surface area contributed by atoms with Crippen LogP contribution in [0.3, 0.4) is 0 Å². The van der Waals surface area contributed by atoms with Crippen molar-refractivity contribution < 1.29 is 19.4 Å². The highest BCUT2D eigenvalue weighted by Crippen LogP contribution is 2.26. The van der Waals surface area contributed by atoms with Crippen molar-refractivity contribution in [1.82, 2.24) is 4.90 Å². The van der Waals surface area contributed by atoms with Crippen LogP contribution in [0.1, 0.15) is 26.3 Å². The number of ether oxygens (including phenoxy) is 1. The summed E-state index contributed by atoms with van der Waals surface area (Å²) >= 11 is 0. The molecule has 5 heteroatoms. The molecule has 1 aliphatic rings. The van der Waals surface area contributed by atoms with Crippen LogP contribution < -0.4 is 4.74 Å². The van der Waals surface area contributed by atoms with E-state index in [-0.39, 0.29) is 30.7 Å². The number of carbonyl (C=O) groups is 2. The summed E-state index contributed by atoms with van der Waals surface area (Å²) in [6, 6.07) is 11.8. The summed E-state index contributed by atoms with van der Waals surface area (Å²) in [6.07, 6.45) is 0. The van der Waals surface area contributed by atoms with E-state index in [4.69, 9.17) is 4.74 Å². The van der Waals surface area contributed by atoms with Gasteiger partial charge in [-0.3, -0.25) is 14.5 Å². The number of amides is 2. The molecule has 22 heavy (non-hydrogen) atoms. The van der Waals surface area contributed by atoms with E-state index in [0.717, 1.165) is 5.56 Å². The van der Waals surface area contributed by atoms with Crippen molar-refractivity contribution in [1.29, 1.82) is 0 Å². The third kappa shape index (κ3) is 2.41. The van der Waals surface area contributed by atoms with Crippen molar-refractivity contribution in [2.24, 2.45) is 0 Å². The first-order valence-electron chi connectivity index (χ1n) is 6.95. The molecule has 0 saturated heterocycles. The molecule has 0 fully saturated rings. The maximum atomic E-state index is 12.3. The summed E-state index contributed by atoms with van der Waals surface area (Å²) in [4.78, 5) is 25.7. The third-order valence-corrected chi connectivity index (χ3v) is 3.56. The fraction of sp³-hybridized carbons (Fsp3) is 0.176. The van der Waals surface area contributed by atoms with Crippen molar-refractivity contribution >= 4 is 11.8 Å². The number of hydrogen-bond acceptors (Lipinski definition) is 4. The molecule has 2 aromatic carbocycles. The van der Waals surface area contributed by atoms with E-state index in [1.807, 2.05) is 13.0 Å². The van der Waals surface area contributed by atoms with Gasteiger partial charge in [-0.05, 0) is 31.2 Å². The number of fused-ring (bicyclic) bond motifs is 1. The largest absolute Gasteiger partial charge is 0.504 e. The van der Waals surface area contributed by atoms with Crippen LogP contribution in [0.25, 0.3) is 0 Å². The average molecular weight is 297 g/mol. The minimum Gasteiger partial charge on any atom is -0.504 e. The third-order valence-electron chi connectivity index (χ3n) is 3.56. The molecular weight excluding hydrogens is 282 g/mol. The van der Waals surface area contributed by atoms with Crippen molar-refractivity contribution in [2.75, 3.05) is 13.2 Å². The van der Waals surface area contributed by atoms with E-state index in [9.17, 15) is 14.7 Å². The van der Waals surface area contributed by atoms with Crippen LogP contribution in [-0.2, 0) is 0 Å². The smallest absolute Gasteiger partial charge is 0.261 e. The van der Waals surface area contributed by atoms with Crippen LogP contribution in [0.5, 0.6) is 11.5 Å². The molecular formula is C17H15NO4. The summed E-state index contributed by atoms with van der Waals surface area (Å²) in [7, 11) is 0. The van der Waals surface area contributed by atoms with Crippen LogP contribution >= 0.6 is 0 Å². The van der Waals surface area contributed by atoms with Crippen molar-refractivity contribution in [3.63, 3.8) is 0 Å². The molecule has 2 aromatic rings. The molecule has 5 nitrogen and oxygen atoms in total. The van der Waals surface area contributed by atoms with Gasteiger partial charge in [0.25, 0.3) is 11.8 Å². The Bertz CT molecular complexity index is 754. The van der Waals surface area contributed by atoms with Crippen molar-refractivity contribution in [3.8, 4) is 11.5 Å². The SMILES string of the molecule is Cc1ccc2c(c1)C(=O)N(CCOc1ccccc1O)C2=O. The normalized spacial score (nSPS) is 13.4. The lowest BCUT2D eigenvalue weighted by Gasteiger charge is -2.14.